The second-order valence-corrected chi connectivity index (χ2v) is 14.2. The summed E-state index contributed by atoms with van der Waals surface area (Å²) in [5.74, 6) is -1.08. The minimum absolute atomic E-state index is 0. The summed E-state index contributed by atoms with van der Waals surface area (Å²) in [5, 5.41) is 20.6. The van der Waals surface area contributed by atoms with Crippen LogP contribution in [0.25, 0.3) is 43.1 Å². The van der Waals surface area contributed by atoms with E-state index in [1.165, 1.54) is 61.1 Å². The molecule has 0 unspecified atom stereocenters. The van der Waals surface area contributed by atoms with Crippen molar-refractivity contribution in [3.05, 3.63) is 132 Å². The molecule has 0 radical (unpaired) electrons. The Labute approximate surface area is 287 Å². The number of carboxylic acid groups (broad SMARTS) is 1. The van der Waals surface area contributed by atoms with Crippen LogP contribution in [-0.4, -0.2) is 57.2 Å². The van der Waals surface area contributed by atoms with Gasteiger partial charge < -0.3 is 31.3 Å². The molecule has 0 aliphatic heterocycles. The highest BCUT2D eigenvalue weighted by Crippen LogP contribution is 2.28. The number of hydrogen-bond donors (Lipinski definition) is 0. The van der Waals surface area contributed by atoms with Gasteiger partial charge in [0.1, 0.15) is 13.1 Å². The van der Waals surface area contributed by atoms with Gasteiger partial charge >= 0.3 is 0 Å². The SMILES string of the molecule is CCC=C(C)C(=O)[O-].C[N+](C)(C)Cc1cccc2cc3ccccc3cc12.C[N+](C)(C)Cc1cccc2cc3ccccc3cc12.[Cl-]. The monoisotopic (exact) mass is 648 g/mol. The molecule has 6 aromatic carbocycles. The molecule has 4 nitrogen and oxygen atoms in total. The Kier molecular flexibility index (Phi) is 12.7. The van der Waals surface area contributed by atoms with Crippen LogP contribution in [0.15, 0.2) is 121 Å². The fourth-order valence-corrected chi connectivity index (χ4v) is 5.75. The number of aliphatic carboxylic acids is 1. The quantitative estimate of drug-likeness (QED) is 0.136. The number of fused-ring (bicyclic) bond motifs is 4. The number of quaternary nitrogens is 2. The van der Waals surface area contributed by atoms with Crippen molar-refractivity contribution < 1.29 is 31.3 Å². The lowest BCUT2D eigenvalue weighted by Crippen LogP contribution is -3.00. The summed E-state index contributed by atoms with van der Waals surface area (Å²) in [6, 6.07) is 39.7. The number of halogens is 1. The van der Waals surface area contributed by atoms with E-state index in [2.05, 4.69) is 151 Å². The van der Waals surface area contributed by atoms with Crippen LogP contribution in [0.4, 0.5) is 0 Å². The van der Waals surface area contributed by atoms with E-state index in [1.54, 1.807) is 6.08 Å². The lowest BCUT2D eigenvalue weighted by molar-refractivity contribution is -0.883. The van der Waals surface area contributed by atoms with Gasteiger partial charge in [0.2, 0.25) is 0 Å². The van der Waals surface area contributed by atoms with Crippen LogP contribution in [0, 0.1) is 0 Å². The molecule has 0 amide bonds. The summed E-state index contributed by atoms with van der Waals surface area (Å²) in [5.41, 5.74) is 3.17. The van der Waals surface area contributed by atoms with E-state index in [0.717, 1.165) is 28.5 Å². The summed E-state index contributed by atoms with van der Waals surface area (Å²) < 4.78 is 1.90. The molecule has 0 spiro atoms. The minimum Gasteiger partial charge on any atom is -1.00 e. The van der Waals surface area contributed by atoms with E-state index in [9.17, 15) is 9.90 Å². The minimum atomic E-state index is -1.08. The zero-order valence-electron chi connectivity index (χ0n) is 29.2. The molecule has 0 saturated heterocycles. The summed E-state index contributed by atoms with van der Waals surface area (Å²) in [7, 11) is 13.4. The predicted molar refractivity (Wildman–Crippen MR) is 195 cm³/mol. The van der Waals surface area contributed by atoms with E-state index in [0.29, 0.717) is 5.57 Å². The molecule has 0 saturated carbocycles. The lowest BCUT2D eigenvalue weighted by Gasteiger charge is -2.24. The molecule has 0 fully saturated rings. The first-order valence-electron chi connectivity index (χ1n) is 16.0. The molecule has 0 aliphatic carbocycles. The molecular formula is C42H49ClN2O2. The molecule has 6 rings (SSSR count). The Hall–Kier alpha value is -4.22. The number of carboxylic acids is 1. The zero-order valence-corrected chi connectivity index (χ0v) is 29.9. The molecule has 0 atom stereocenters. The van der Waals surface area contributed by atoms with Crippen molar-refractivity contribution >= 4 is 49.1 Å². The molecule has 0 bridgehead atoms. The van der Waals surface area contributed by atoms with E-state index in [4.69, 9.17) is 0 Å². The van der Waals surface area contributed by atoms with E-state index in [1.807, 2.05) is 6.92 Å². The Balaban J connectivity index is 0.000000206. The predicted octanol–water partition coefficient (Wildman–Crippen LogP) is 5.50. The third-order valence-electron chi connectivity index (χ3n) is 7.80. The maximum Gasteiger partial charge on any atom is 0.104 e. The number of allylic oxidation sites excluding steroid dienone is 1. The highest BCUT2D eigenvalue weighted by Gasteiger charge is 2.13. The third-order valence-corrected chi connectivity index (χ3v) is 7.80. The smallest absolute Gasteiger partial charge is 0.104 e. The maximum absolute atomic E-state index is 9.91. The first-order valence-corrected chi connectivity index (χ1v) is 16.0. The number of hydrogen-bond acceptors (Lipinski definition) is 2. The molecule has 246 valence electrons. The van der Waals surface area contributed by atoms with Crippen molar-refractivity contribution in [3.8, 4) is 0 Å². The van der Waals surface area contributed by atoms with Gasteiger partial charge in [-0.3, -0.25) is 0 Å². The lowest BCUT2D eigenvalue weighted by atomic mass is 9.99. The molecule has 47 heavy (non-hydrogen) atoms. The van der Waals surface area contributed by atoms with Crippen LogP contribution < -0.4 is 17.5 Å². The van der Waals surface area contributed by atoms with Crippen LogP contribution in [0.1, 0.15) is 31.4 Å². The Morgan fingerprint density at radius 2 is 0.915 bits per heavy atom. The van der Waals surface area contributed by atoms with Crippen molar-refractivity contribution in [1.82, 2.24) is 0 Å². The normalized spacial score (nSPS) is 11.8. The average molecular weight is 649 g/mol. The van der Waals surface area contributed by atoms with Crippen LogP contribution in [-0.2, 0) is 17.9 Å². The largest absolute Gasteiger partial charge is 1.00 e. The van der Waals surface area contributed by atoms with Crippen molar-refractivity contribution in [2.75, 3.05) is 42.3 Å². The van der Waals surface area contributed by atoms with Gasteiger partial charge in [0.05, 0.1) is 48.3 Å². The number of rotatable bonds is 6. The second kappa shape index (κ2) is 16.1. The van der Waals surface area contributed by atoms with Gasteiger partial charge in [-0.15, -0.1) is 0 Å². The van der Waals surface area contributed by atoms with Gasteiger partial charge in [-0.25, -0.2) is 0 Å². The van der Waals surface area contributed by atoms with Gasteiger partial charge in [0.25, 0.3) is 0 Å². The molecule has 0 aromatic heterocycles. The Bertz CT molecular complexity index is 1870. The van der Waals surface area contributed by atoms with Crippen molar-refractivity contribution in [1.29, 1.82) is 0 Å². The Morgan fingerprint density at radius 3 is 1.21 bits per heavy atom. The number of carbonyl (C=O) groups is 1. The zero-order chi connectivity index (χ0) is 33.5. The highest BCUT2D eigenvalue weighted by atomic mass is 35.5. The fraction of sp³-hybridized carbons (Fsp3) is 0.262. The van der Waals surface area contributed by atoms with Crippen molar-refractivity contribution in [3.63, 3.8) is 0 Å². The van der Waals surface area contributed by atoms with Gasteiger partial charge in [0.15, 0.2) is 0 Å². The molecule has 6 aromatic rings. The van der Waals surface area contributed by atoms with Crippen LogP contribution in [0.5, 0.6) is 0 Å². The maximum atomic E-state index is 9.91. The molecule has 0 N–H and O–H groups in total. The van der Waals surface area contributed by atoms with Gasteiger partial charge in [-0.2, -0.15) is 0 Å². The van der Waals surface area contributed by atoms with Crippen LogP contribution in [0.3, 0.4) is 0 Å². The molecular weight excluding hydrogens is 600 g/mol. The summed E-state index contributed by atoms with van der Waals surface area (Å²) >= 11 is 0. The topological polar surface area (TPSA) is 40.1 Å². The van der Waals surface area contributed by atoms with Crippen molar-refractivity contribution in [2.24, 2.45) is 0 Å². The molecule has 0 heterocycles. The first-order chi connectivity index (χ1) is 21.7. The van der Waals surface area contributed by atoms with Gasteiger partial charge in [-0.1, -0.05) is 97.9 Å². The summed E-state index contributed by atoms with van der Waals surface area (Å²) in [4.78, 5) is 9.91. The number of nitrogens with zero attached hydrogens (tertiary/aromatic N) is 2. The second-order valence-electron chi connectivity index (χ2n) is 14.2. The number of carbonyl (C=O) groups excluding carboxylic acids is 1. The van der Waals surface area contributed by atoms with Gasteiger partial charge in [0, 0.05) is 11.1 Å². The van der Waals surface area contributed by atoms with E-state index < -0.39 is 5.97 Å². The van der Waals surface area contributed by atoms with Crippen LogP contribution >= 0.6 is 0 Å². The van der Waals surface area contributed by atoms with Gasteiger partial charge in [-0.05, 0) is 86.3 Å². The molecule has 5 heteroatoms. The molecule has 0 aliphatic rings. The summed E-state index contributed by atoms with van der Waals surface area (Å²) in [6.07, 6.45) is 2.37. The summed E-state index contributed by atoms with van der Waals surface area (Å²) in [6.45, 7) is 5.51. The average Bonchev–Trinajstić information content (AvgIpc) is 2.99. The van der Waals surface area contributed by atoms with E-state index >= 15 is 0 Å². The third kappa shape index (κ3) is 10.7. The van der Waals surface area contributed by atoms with Crippen LogP contribution in [0.2, 0.25) is 0 Å². The first kappa shape index (κ1) is 37.2. The standard InChI is InChI=1S/2C18H20N.C6H10O2.ClH/c2*1-19(2,3)13-17-10-6-9-16-11-14-7-4-5-8-15(14)12-18(16)17;1-3-4-5(2)6(7)8;/h2*4-12H,13H2,1-3H3;4H,3H2,1-2H3,(H,7,8);1H/q2*+1;;/p-2. The highest BCUT2D eigenvalue weighted by molar-refractivity contribution is 6.00. The van der Waals surface area contributed by atoms with E-state index in [-0.39, 0.29) is 12.4 Å². The Morgan fingerprint density at radius 1 is 0.574 bits per heavy atom. The number of benzene rings is 6. The fourth-order valence-electron chi connectivity index (χ4n) is 5.75. The van der Waals surface area contributed by atoms with Crippen molar-refractivity contribution in [2.45, 2.75) is 33.4 Å².